The lowest BCUT2D eigenvalue weighted by atomic mass is 10.1. The number of ether oxygens (including phenoxy) is 2. The molecule has 0 saturated heterocycles. The highest BCUT2D eigenvalue weighted by molar-refractivity contribution is 5.93. The molecule has 0 radical (unpaired) electrons. The van der Waals surface area contributed by atoms with Gasteiger partial charge in [-0.2, -0.15) is 0 Å². The van der Waals surface area contributed by atoms with Crippen LogP contribution in [0.5, 0.6) is 11.5 Å². The molecule has 1 unspecified atom stereocenters. The van der Waals surface area contributed by atoms with E-state index < -0.39 is 0 Å². The number of fused-ring (bicyclic) bond motifs is 1. The molecule has 1 aliphatic carbocycles. The largest absolute Gasteiger partial charge is 0.490 e. The van der Waals surface area contributed by atoms with Crippen LogP contribution in [0.2, 0.25) is 0 Å². The SMILES string of the molecule is CN=C(NCC(C1CC1)N(C)C)Nc1ccc2c(c1)OCCCO2. The average molecular weight is 332 g/mol. The number of hydrogen-bond acceptors (Lipinski definition) is 4. The number of nitrogens with one attached hydrogen (secondary N) is 2. The van der Waals surface area contributed by atoms with E-state index in [1.54, 1.807) is 7.05 Å². The van der Waals surface area contributed by atoms with Gasteiger partial charge in [0, 0.05) is 37.8 Å². The number of benzene rings is 1. The van der Waals surface area contributed by atoms with Crippen molar-refractivity contribution in [3.8, 4) is 11.5 Å². The van der Waals surface area contributed by atoms with E-state index in [-0.39, 0.29) is 0 Å². The van der Waals surface area contributed by atoms with Crippen molar-refractivity contribution in [2.75, 3.05) is 46.2 Å². The minimum Gasteiger partial charge on any atom is -0.490 e. The Labute approximate surface area is 144 Å². The molecule has 0 spiro atoms. The topological polar surface area (TPSA) is 58.1 Å². The first kappa shape index (κ1) is 16.9. The van der Waals surface area contributed by atoms with E-state index in [0.29, 0.717) is 19.3 Å². The Kier molecular flexibility index (Phi) is 5.45. The van der Waals surface area contributed by atoms with E-state index in [0.717, 1.165) is 42.0 Å². The molecule has 1 saturated carbocycles. The molecule has 1 atom stereocenters. The van der Waals surface area contributed by atoms with Crippen LogP contribution in [0.3, 0.4) is 0 Å². The fourth-order valence-electron chi connectivity index (χ4n) is 3.01. The molecule has 1 aromatic rings. The van der Waals surface area contributed by atoms with E-state index in [2.05, 4.69) is 34.6 Å². The highest BCUT2D eigenvalue weighted by Crippen LogP contribution is 2.34. The summed E-state index contributed by atoms with van der Waals surface area (Å²) >= 11 is 0. The Morgan fingerprint density at radius 3 is 2.67 bits per heavy atom. The summed E-state index contributed by atoms with van der Waals surface area (Å²) in [6.07, 6.45) is 3.57. The summed E-state index contributed by atoms with van der Waals surface area (Å²) in [5, 5.41) is 6.78. The molecule has 1 heterocycles. The number of nitrogens with zero attached hydrogens (tertiary/aromatic N) is 2. The Balaban J connectivity index is 1.60. The molecule has 1 fully saturated rings. The predicted octanol–water partition coefficient (Wildman–Crippen LogP) is 2.18. The molecule has 2 aliphatic rings. The van der Waals surface area contributed by atoms with Gasteiger partial charge in [0.25, 0.3) is 0 Å². The molecule has 0 aromatic heterocycles. The zero-order valence-electron chi connectivity index (χ0n) is 14.8. The van der Waals surface area contributed by atoms with Gasteiger partial charge in [-0.3, -0.25) is 4.99 Å². The van der Waals surface area contributed by atoms with E-state index >= 15 is 0 Å². The smallest absolute Gasteiger partial charge is 0.195 e. The third kappa shape index (κ3) is 4.32. The van der Waals surface area contributed by atoms with Crippen molar-refractivity contribution in [1.82, 2.24) is 10.2 Å². The first-order valence-electron chi connectivity index (χ1n) is 8.71. The van der Waals surface area contributed by atoms with Crippen LogP contribution in [0, 0.1) is 5.92 Å². The van der Waals surface area contributed by atoms with Gasteiger partial charge in [-0.05, 0) is 45.0 Å². The molecule has 24 heavy (non-hydrogen) atoms. The van der Waals surface area contributed by atoms with E-state index in [9.17, 15) is 0 Å². The van der Waals surface area contributed by atoms with Gasteiger partial charge >= 0.3 is 0 Å². The second-order valence-electron chi connectivity index (χ2n) is 6.66. The predicted molar refractivity (Wildman–Crippen MR) is 97.2 cm³/mol. The number of hydrogen-bond donors (Lipinski definition) is 2. The maximum Gasteiger partial charge on any atom is 0.195 e. The number of anilines is 1. The number of likely N-dealkylation sites (N-methyl/N-ethyl adjacent to an activating group) is 1. The van der Waals surface area contributed by atoms with Crippen molar-refractivity contribution in [2.45, 2.75) is 25.3 Å². The van der Waals surface area contributed by atoms with Crippen LogP contribution >= 0.6 is 0 Å². The van der Waals surface area contributed by atoms with Crippen LogP contribution in [0.4, 0.5) is 5.69 Å². The summed E-state index contributed by atoms with van der Waals surface area (Å²) in [4.78, 5) is 6.63. The van der Waals surface area contributed by atoms with Crippen molar-refractivity contribution in [3.05, 3.63) is 18.2 Å². The van der Waals surface area contributed by atoms with Crippen LogP contribution in [-0.4, -0.2) is 57.8 Å². The van der Waals surface area contributed by atoms with Crippen molar-refractivity contribution in [1.29, 1.82) is 0 Å². The van der Waals surface area contributed by atoms with Crippen molar-refractivity contribution in [3.63, 3.8) is 0 Å². The molecule has 6 heteroatoms. The molecular weight excluding hydrogens is 304 g/mol. The van der Waals surface area contributed by atoms with Crippen molar-refractivity contribution < 1.29 is 9.47 Å². The average Bonchev–Trinajstić information content (AvgIpc) is 3.40. The second-order valence-corrected chi connectivity index (χ2v) is 6.66. The highest BCUT2D eigenvalue weighted by atomic mass is 16.5. The maximum atomic E-state index is 5.74. The molecule has 1 aliphatic heterocycles. The lowest BCUT2D eigenvalue weighted by Crippen LogP contribution is -2.43. The van der Waals surface area contributed by atoms with Gasteiger partial charge < -0.3 is 25.0 Å². The van der Waals surface area contributed by atoms with Crippen LogP contribution in [0.25, 0.3) is 0 Å². The van der Waals surface area contributed by atoms with E-state index in [1.165, 1.54) is 12.8 Å². The second kappa shape index (κ2) is 7.75. The highest BCUT2D eigenvalue weighted by Gasteiger charge is 2.32. The fraction of sp³-hybridized carbons (Fsp3) is 0.611. The Hall–Kier alpha value is -1.95. The van der Waals surface area contributed by atoms with E-state index in [1.807, 2.05) is 18.2 Å². The summed E-state index contributed by atoms with van der Waals surface area (Å²) < 4.78 is 11.4. The normalized spacial score (nSPS) is 18.9. The number of rotatable bonds is 5. The summed E-state index contributed by atoms with van der Waals surface area (Å²) in [5.41, 5.74) is 0.945. The summed E-state index contributed by atoms with van der Waals surface area (Å²) in [5.74, 6) is 3.18. The van der Waals surface area contributed by atoms with Crippen LogP contribution in [0.1, 0.15) is 19.3 Å². The van der Waals surface area contributed by atoms with Crippen LogP contribution in [-0.2, 0) is 0 Å². The Morgan fingerprint density at radius 1 is 1.25 bits per heavy atom. The fourth-order valence-corrected chi connectivity index (χ4v) is 3.01. The van der Waals surface area contributed by atoms with Gasteiger partial charge in [0.05, 0.1) is 13.2 Å². The lowest BCUT2D eigenvalue weighted by Gasteiger charge is -2.25. The van der Waals surface area contributed by atoms with Gasteiger partial charge in [0.2, 0.25) is 0 Å². The van der Waals surface area contributed by atoms with Crippen molar-refractivity contribution in [2.24, 2.45) is 10.9 Å². The molecule has 1 aromatic carbocycles. The van der Waals surface area contributed by atoms with Gasteiger partial charge in [-0.1, -0.05) is 0 Å². The van der Waals surface area contributed by atoms with Crippen LogP contribution < -0.4 is 20.1 Å². The number of aliphatic imine (C=N–C) groups is 1. The summed E-state index contributed by atoms with van der Waals surface area (Å²) in [6, 6.07) is 6.46. The summed E-state index contributed by atoms with van der Waals surface area (Å²) in [6.45, 7) is 2.29. The zero-order valence-corrected chi connectivity index (χ0v) is 14.8. The van der Waals surface area contributed by atoms with Crippen molar-refractivity contribution >= 4 is 11.6 Å². The molecule has 0 bridgehead atoms. The molecule has 2 N–H and O–H groups in total. The van der Waals surface area contributed by atoms with Gasteiger partial charge in [-0.15, -0.1) is 0 Å². The molecule has 132 valence electrons. The monoisotopic (exact) mass is 332 g/mol. The first-order valence-corrected chi connectivity index (χ1v) is 8.71. The maximum absolute atomic E-state index is 5.74. The molecule has 0 amide bonds. The zero-order chi connectivity index (χ0) is 16.9. The molecule has 6 nitrogen and oxygen atoms in total. The Morgan fingerprint density at radius 2 is 2.00 bits per heavy atom. The third-order valence-corrected chi connectivity index (χ3v) is 4.54. The van der Waals surface area contributed by atoms with Gasteiger partial charge in [0.15, 0.2) is 17.5 Å². The molecule has 3 rings (SSSR count). The van der Waals surface area contributed by atoms with Crippen LogP contribution in [0.15, 0.2) is 23.2 Å². The van der Waals surface area contributed by atoms with E-state index in [4.69, 9.17) is 9.47 Å². The standard InChI is InChI=1S/C18H28N4O2/c1-19-18(20-12-15(22(2)3)13-5-6-13)21-14-7-8-16-17(11-14)24-10-4-9-23-16/h7-8,11,13,15H,4-6,9-10,12H2,1-3H3,(H2,19,20,21). The number of guanidine groups is 1. The minimum absolute atomic E-state index is 0.548. The quantitative estimate of drug-likeness (QED) is 0.639. The van der Waals surface area contributed by atoms with Gasteiger partial charge in [-0.25, -0.2) is 0 Å². The first-order chi connectivity index (χ1) is 11.7. The summed E-state index contributed by atoms with van der Waals surface area (Å²) in [7, 11) is 6.08. The third-order valence-electron chi connectivity index (χ3n) is 4.54. The Bertz CT molecular complexity index is 582. The molecular formula is C18H28N4O2. The minimum atomic E-state index is 0.548. The lowest BCUT2D eigenvalue weighted by molar-refractivity contribution is 0.264. The van der Waals surface area contributed by atoms with Gasteiger partial charge in [0.1, 0.15) is 0 Å².